The van der Waals surface area contributed by atoms with Crippen molar-refractivity contribution in [2.45, 2.75) is 13.5 Å². The number of carboxylic acids is 1. The highest BCUT2D eigenvalue weighted by Gasteiger charge is 2.12. The first-order valence-corrected chi connectivity index (χ1v) is 6.29. The van der Waals surface area contributed by atoms with Gasteiger partial charge in [0.1, 0.15) is 0 Å². The monoisotopic (exact) mass is 286 g/mol. The largest absolute Gasteiger partial charge is 0.478 e. The third-order valence-corrected chi connectivity index (χ3v) is 3.13. The fraction of sp³-hybridized carbons (Fsp3) is 0.133. The van der Waals surface area contributed by atoms with Crippen molar-refractivity contribution >= 4 is 17.3 Å². The molecule has 0 amide bonds. The third kappa shape index (κ3) is 3.36. The van der Waals surface area contributed by atoms with Crippen molar-refractivity contribution in [2.24, 2.45) is 0 Å². The molecular formula is C15H14N2O4. The summed E-state index contributed by atoms with van der Waals surface area (Å²) in [5.74, 6) is -0.983. The van der Waals surface area contributed by atoms with Crippen LogP contribution < -0.4 is 5.32 Å². The second-order valence-electron chi connectivity index (χ2n) is 4.57. The van der Waals surface area contributed by atoms with Gasteiger partial charge in [0.2, 0.25) is 0 Å². The van der Waals surface area contributed by atoms with Crippen LogP contribution in [-0.2, 0) is 6.54 Å². The average molecular weight is 286 g/mol. The number of hydrogen-bond donors (Lipinski definition) is 2. The lowest BCUT2D eigenvalue weighted by molar-refractivity contribution is -0.385. The van der Waals surface area contributed by atoms with Crippen LogP contribution in [-0.4, -0.2) is 16.0 Å². The molecule has 0 spiro atoms. The highest BCUT2D eigenvalue weighted by molar-refractivity contribution is 5.88. The molecule has 0 saturated heterocycles. The Labute approximate surface area is 121 Å². The fourth-order valence-electron chi connectivity index (χ4n) is 2.02. The number of hydrogen-bond acceptors (Lipinski definition) is 4. The lowest BCUT2D eigenvalue weighted by atomic mass is 10.1. The average Bonchev–Trinajstić information content (AvgIpc) is 2.46. The Kier molecular flexibility index (Phi) is 4.18. The van der Waals surface area contributed by atoms with Crippen molar-refractivity contribution in [3.63, 3.8) is 0 Å². The van der Waals surface area contributed by atoms with E-state index in [2.05, 4.69) is 5.32 Å². The van der Waals surface area contributed by atoms with Crippen molar-refractivity contribution in [3.8, 4) is 0 Å². The number of nitrogens with zero attached hydrogens (tertiary/aromatic N) is 1. The van der Waals surface area contributed by atoms with Crippen LogP contribution in [0.3, 0.4) is 0 Å². The zero-order valence-electron chi connectivity index (χ0n) is 11.4. The lowest BCUT2D eigenvalue weighted by Gasteiger charge is -2.10. The Balaban J connectivity index is 2.17. The molecular weight excluding hydrogens is 272 g/mol. The molecule has 0 heterocycles. The van der Waals surface area contributed by atoms with Gasteiger partial charge in [0.15, 0.2) is 0 Å². The standard InChI is InChI=1S/C15H14N2O4/c1-10-8-11(15(18)19)6-7-13(10)16-9-12-4-2-3-5-14(12)17(20)21/h2-8,16H,9H2,1H3,(H,18,19). The van der Waals surface area contributed by atoms with Gasteiger partial charge in [-0.3, -0.25) is 10.1 Å². The topological polar surface area (TPSA) is 92.5 Å². The summed E-state index contributed by atoms with van der Waals surface area (Å²) in [5.41, 5.74) is 2.37. The summed E-state index contributed by atoms with van der Waals surface area (Å²) in [6.45, 7) is 2.08. The van der Waals surface area contributed by atoms with E-state index in [0.717, 1.165) is 11.3 Å². The van der Waals surface area contributed by atoms with E-state index in [4.69, 9.17) is 5.11 Å². The zero-order chi connectivity index (χ0) is 15.4. The summed E-state index contributed by atoms with van der Waals surface area (Å²) in [6, 6.07) is 11.2. The zero-order valence-corrected chi connectivity index (χ0v) is 11.4. The first-order chi connectivity index (χ1) is 9.99. The Morgan fingerprint density at radius 2 is 2.00 bits per heavy atom. The third-order valence-electron chi connectivity index (χ3n) is 3.13. The summed E-state index contributed by atoms with van der Waals surface area (Å²) in [5, 5.41) is 22.9. The molecule has 6 nitrogen and oxygen atoms in total. The predicted octanol–water partition coefficient (Wildman–Crippen LogP) is 3.21. The van der Waals surface area contributed by atoms with Crippen molar-refractivity contribution < 1.29 is 14.8 Å². The van der Waals surface area contributed by atoms with Gasteiger partial charge >= 0.3 is 5.97 Å². The molecule has 2 aromatic rings. The molecule has 6 heteroatoms. The molecule has 0 aliphatic heterocycles. The normalized spacial score (nSPS) is 10.1. The van der Waals surface area contributed by atoms with E-state index in [-0.39, 0.29) is 11.3 Å². The first-order valence-electron chi connectivity index (χ1n) is 6.29. The lowest BCUT2D eigenvalue weighted by Crippen LogP contribution is -2.05. The quantitative estimate of drug-likeness (QED) is 0.650. The van der Waals surface area contributed by atoms with Gasteiger partial charge in [-0.25, -0.2) is 4.79 Å². The molecule has 0 radical (unpaired) electrons. The van der Waals surface area contributed by atoms with Crippen LogP contribution in [0.4, 0.5) is 11.4 Å². The SMILES string of the molecule is Cc1cc(C(=O)O)ccc1NCc1ccccc1[N+](=O)[O-]. The molecule has 0 unspecified atom stereocenters. The highest BCUT2D eigenvalue weighted by atomic mass is 16.6. The van der Waals surface area contributed by atoms with Gasteiger partial charge in [0.25, 0.3) is 5.69 Å². The van der Waals surface area contributed by atoms with E-state index >= 15 is 0 Å². The van der Waals surface area contributed by atoms with Gasteiger partial charge in [-0.2, -0.15) is 0 Å². The second-order valence-corrected chi connectivity index (χ2v) is 4.57. The smallest absolute Gasteiger partial charge is 0.335 e. The molecule has 2 N–H and O–H groups in total. The van der Waals surface area contributed by atoms with Gasteiger partial charge < -0.3 is 10.4 Å². The van der Waals surface area contributed by atoms with Crippen LogP contribution in [0.1, 0.15) is 21.5 Å². The number of nitro benzene ring substituents is 1. The molecule has 0 aliphatic carbocycles. The molecule has 0 aromatic heterocycles. The molecule has 21 heavy (non-hydrogen) atoms. The van der Waals surface area contributed by atoms with Crippen LogP contribution in [0.5, 0.6) is 0 Å². The molecule has 0 aliphatic rings. The molecule has 108 valence electrons. The van der Waals surface area contributed by atoms with Gasteiger partial charge in [0, 0.05) is 23.9 Å². The predicted molar refractivity (Wildman–Crippen MR) is 78.6 cm³/mol. The van der Waals surface area contributed by atoms with E-state index in [1.807, 2.05) is 0 Å². The number of carboxylic acid groups (broad SMARTS) is 1. The van der Waals surface area contributed by atoms with Crippen molar-refractivity contribution in [1.82, 2.24) is 0 Å². The van der Waals surface area contributed by atoms with Crippen molar-refractivity contribution in [3.05, 3.63) is 69.3 Å². The molecule has 2 rings (SSSR count). The number of rotatable bonds is 5. The van der Waals surface area contributed by atoms with Gasteiger partial charge in [-0.15, -0.1) is 0 Å². The molecule has 2 aromatic carbocycles. The van der Waals surface area contributed by atoms with Crippen LogP contribution in [0.15, 0.2) is 42.5 Å². The summed E-state index contributed by atoms with van der Waals surface area (Å²) in [6.07, 6.45) is 0. The molecule has 0 atom stereocenters. The van der Waals surface area contributed by atoms with Gasteiger partial charge in [-0.1, -0.05) is 18.2 Å². The number of para-hydroxylation sites is 1. The van der Waals surface area contributed by atoms with Crippen LogP contribution >= 0.6 is 0 Å². The Morgan fingerprint density at radius 3 is 2.62 bits per heavy atom. The van der Waals surface area contributed by atoms with E-state index in [0.29, 0.717) is 12.1 Å². The minimum Gasteiger partial charge on any atom is -0.478 e. The highest BCUT2D eigenvalue weighted by Crippen LogP contribution is 2.21. The minimum absolute atomic E-state index is 0.0600. The number of nitrogens with one attached hydrogen (secondary N) is 1. The summed E-state index contributed by atoms with van der Waals surface area (Å²) in [4.78, 5) is 21.4. The number of nitro groups is 1. The number of aromatic carboxylic acids is 1. The van der Waals surface area contributed by atoms with Crippen molar-refractivity contribution in [2.75, 3.05) is 5.32 Å². The van der Waals surface area contributed by atoms with Crippen LogP contribution in [0.2, 0.25) is 0 Å². The second kappa shape index (κ2) is 6.04. The van der Waals surface area contributed by atoms with Gasteiger partial charge in [-0.05, 0) is 30.7 Å². The Hall–Kier alpha value is -2.89. The van der Waals surface area contributed by atoms with Crippen LogP contribution in [0, 0.1) is 17.0 Å². The van der Waals surface area contributed by atoms with E-state index in [1.165, 1.54) is 12.1 Å². The summed E-state index contributed by atoms with van der Waals surface area (Å²) >= 11 is 0. The minimum atomic E-state index is -0.983. The van der Waals surface area contributed by atoms with Crippen LogP contribution in [0.25, 0.3) is 0 Å². The maximum absolute atomic E-state index is 10.9. The molecule has 0 fully saturated rings. The number of benzene rings is 2. The fourth-order valence-corrected chi connectivity index (χ4v) is 2.02. The van der Waals surface area contributed by atoms with Gasteiger partial charge in [0.05, 0.1) is 10.5 Å². The Morgan fingerprint density at radius 1 is 1.29 bits per heavy atom. The molecule has 0 bridgehead atoms. The van der Waals surface area contributed by atoms with E-state index in [1.54, 1.807) is 37.3 Å². The number of anilines is 1. The number of aryl methyl sites for hydroxylation is 1. The van der Waals surface area contributed by atoms with Crippen molar-refractivity contribution in [1.29, 1.82) is 0 Å². The van der Waals surface area contributed by atoms with E-state index in [9.17, 15) is 14.9 Å². The maximum atomic E-state index is 10.9. The maximum Gasteiger partial charge on any atom is 0.335 e. The molecule has 0 saturated carbocycles. The van der Waals surface area contributed by atoms with E-state index < -0.39 is 10.9 Å². The Bertz CT molecular complexity index is 698. The first kappa shape index (κ1) is 14.5. The summed E-state index contributed by atoms with van der Waals surface area (Å²) < 4.78 is 0. The summed E-state index contributed by atoms with van der Waals surface area (Å²) in [7, 11) is 0. The number of carbonyl (C=O) groups is 1.